The van der Waals surface area contributed by atoms with Gasteiger partial charge in [-0.1, -0.05) is 20.8 Å². The van der Waals surface area contributed by atoms with Crippen molar-refractivity contribution in [1.29, 1.82) is 0 Å². The summed E-state index contributed by atoms with van der Waals surface area (Å²) in [5, 5.41) is 1.09. The van der Waals surface area contributed by atoms with Crippen LogP contribution in [-0.4, -0.2) is 11.6 Å². The fourth-order valence-electron chi connectivity index (χ4n) is 1.81. The molecular weight excluding hydrogens is 230 g/mol. The van der Waals surface area contributed by atoms with Crippen molar-refractivity contribution in [3.05, 3.63) is 22.7 Å². The van der Waals surface area contributed by atoms with Gasteiger partial charge >= 0.3 is 0 Å². The van der Waals surface area contributed by atoms with Crippen molar-refractivity contribution in [3.63, 3.8) is 0 Å². The Morgan fingerprint density at radius 1 is 1.29 bits per heavy atom. The Balaban J connectivity index is 2.66. The molecule has 0 atom stereocenters. The Kier molecular flexibility index (Phi) is 3.13. The summed E-state index contributed by atoms with van der Waals surface area (Å²) in [6.45, 7) is 11.4. The monoisotopic (exact) mass is 249 g/mol. The SMILES string of the molecule is CCOc1cc(C(C)(C)C)cc2sc(C)nc12. The van der Waals surface area contributed by atoms with Crippen LogP contribution in [0.1, 0.15) is 38.3 Å². The highest BCUT2D eigenvalue weighted by Gasteiger charge is 2.18. The second-order valence-corrected chi connectivity index (χ2v) is 6.47. The molecule has 0 N–H and O–H groups in total. The first-order valence-electron chi connectivity index (χ1n) is 5.96. The molecule has 0 bridgehead atoms. The largest absolute Gasteiger partial charge is 0.492 e. The molecule has 0 radical (unpaired) electrons. The minimum Gasteiger partial charge on any atom is -0.492 e. The second kappa shape index (κ2) is 4.30. The number of aromatic nitrogens is 1. The summed E-state index contributed by atoms with van der Waals surface area (Å²) in [5.41, 5.74) is 2.44. The molecule has 0 saturated carbocycles. The van der Waals surface area contributed by atoms with Crippen molar-refractivity contribution in [2.75, 3.05) is 6.61 Å². The van der Waals surface area contributed by atoms with Crippen LogP contribution in [0.4, 0.5) is 0 Å². The van der Waals surface area contributed by atoms with Crippen molar-refractivity contribution in [2.45, 2.75) is 40.0 Å². The normalized spacial score (nSPS) is 12.1. The molecule has 3 heteroatoms. The van der Waals surface area contributed by atoms with Crippen molar-refractivity contribution >= 4 is 21.6 Å². The molecule has 0 amide bonds. The van der Waals surface area contributed by atoms with E-state index in [0.29, 0.717) is 6.61 Å². The van der Waals surface area contributed by atoms with Crippen LogP contribution in [-0.2, 0) is 5.41 Å². The first kappa shape index (κ1) is 12.4. The van der Waals surface area contributed by atoms with E-state index in [4.69, 9.17) is 4.74 Å². The maximum absolute atomic E-state index is 5.71. The highest BCUT2D eigenvalue weighted by Crippen LogP contribution is 2.35. The third kappa shape index (κ3) is 2.44. The Bertz CT molecular complexity index is 537. The van der Waals surface area contributed by atoms with Crippen LogP contribution >= 0.6 is 11.3 Å². The lowest BCUT2D eigenvalue weighted by atomic mass is 9.87. The van der Waals surface area contributed by atoms with Crippen molar-refractivity contribution in [2.24, 2.45) is 0 Å². The fraction of sp³-hybridized carbons (Fsp3) is 0.500. The van der Waals surface area contributed by atoms with E-state index >= 15 is 0 Å². The molecule has 92 valence electrons. The van der Waals surface area contributed by atoms with Crippen LogP contribution < -0.4 is 4.74 Å². The van der Waals surface area contributed by atoms with Gasteiger partial charge in [0, 0.05) is 0 Å². The molecule has 0 aliphatic carbocycles. The zero-order valence-electron chi connectivity index (χ0n) is 11.1. The summed E-state index contributed by atoms with van der Waals surface area (Å²) >= 11 is 1.73. The third-order valence-electron chi connectivity index (χ3n) is 2.73. The van der Waals surface area contributed by atoms with Crippen LogP contribution in [0.25, 0.3) is 10.2 Å². The van der Waals surface area contributed by atoms with Gasteiger partial charge in [0.25, 0.3) is 0 Å². The number of hydrogen-bond donors (Lipinski definition) is 0. The van der Waals surface area contributed by atoms with E-state index in [2.05, 4.69) is 37.9 Å². The number of ether oxygens (including phenoxy) is 1. The summed E-state index contributed by atoms with van der Waals surface area (Å²) in [6, 6.07) is 4.37. The van der Waals surface area contributed by atoms with E-state index in [1.807, 2.05) is 13.8 Å². The lowest BCUT2D eigenvalue weighted by Gasteiger charge is -2.20. The number of nitrogens with zero attached hydrogens (tertiary/aromatic N) is 1. The van der Waals surface area contributed by atoms with E-state index in [9.17, 15) is 0 Å². The quantitative estimate of drug-likeness (QED) is 0.791. The van der Waals surface area contributed by atoms with Crippen molar-refractivity contribution in [3.8, 4) is 5.75 Å². The summed E-state index contributed by atoms with van der Waals surface area (Å²) in [6.07, 6.45) is 0. The zero-order valence-corrected chi connectivity index (χ0v) is 11.9. The van der Waals surface area contributed by atoms with Gasteiger partial charge in [-0.15, -0.1) is 11.3 Å². The molecule has 2 rings (SSSR count). The Morgan fingerprint density at radius 3 is 2.59 bits per heavy atom. The first-order chi connectivity index (χ1) is 7.91. The minimum atomic E-state index is 0.137. The Hall–Kier alpha value is -1.09. The van der Waals surface area contributed by atoms with Crippen LogP contribution in [0.3, 0.4) is 0 Å². The molecule has 1 aromatic heterocycles. The predicted octanol–water partition coefficient (Wildman–Crippen LogP) is 4.30. The summed E-state index contributed by atoms with van der Waals surface area (Å²) in [4.78, 5) is 4.55. The molecule has 0 fully saturated rings. The molecule has 0 spiro atoms. The highest BCUT2D eigenvalue weighted by atomic mass is 32.1. The molecule has 2 nitrogen and oxygen atoms in total. The number of benzene rings is 1. The van der Waals surface area contributed by atoms with E-state index in [1.54, 1.807) is 11.3 Å². The van der Waals surface area contributed by atoms with Crippen LogP contribution in [0.2, 0.25) is 0 Å². The molecule has 1 heterocycles. The number of thiazole rings is 1. The number of aryl methyl sites for hydroxylation is 1. The van der Waals surface area contributed by atoms with Gasteiger partial charge in [-0.05, 0) is 37.0 Å². The number of hydrogen-bond acceptors (Lipinski definition) is 3. The van der Waals surface area contributed by atoms with Gasteiger partial charge in [0.05, 0.1) is 16.3 Å². The average Bonchev–Trinajstić information content (AvgIpc) is 2.57. The number of rotatable bonds is 2. The van der Waals surface area contributed by atoms with Gasteiger partial charge in [-0.25, -0.2) is 4.98 Å². The van der Waals surface area contributed by atoms with E-state index < -0.39 is 0 Å². The number of fused-ring (bicyclic) bond motifs is 1. The van der Waals surface area contributed by atoms with E-state index in [1.165, 1.54) is 10.3 Å². The Labute approximate surface area is 107 Å². The molecule has 0 aliphatic heterocycles. The maximum atomic E-state index is 5.71. The van der Waals surface area contributed by atoms with Gasteiger partial charge in [0.2, 0.25) is 0 Å². The summed E-state index contributed by atoms with van der Waals surface area (Å²) in [7, 11) is 0. The fourth-order valence-corrected chi connectivity index (χ4v) is 2.69. The third-order valence-corrected chi connectivity index (χ3v) is 3.65. The molecule has 2 aromatic rings. The topological polar surface area (TPSA) is 22.1 Å². The summed E-state index contributed by atoms with van der Waals surface area (Å²) < 4.78 is 6.93. The smallest absolute Gasteiger partial charge is 0.146 e. The standard InChI is InChI=1S/C14H19NOS/c1-6-16-11-7-10(14(3,4)5)8-12-13(11)15-9(2)17-12/h7-8H,6H2,1-5H3. The molecular formula is C14H19NOS. The van der Waals surface area contributed by atoms with E-state index in [-0.39, 0.29) is 5.41 Å². The molecule has 0 unspecified atom stereocenters. The van der Waals surface area contributed by atoms with Gasteiger partial charge in [0.15, 0.2) is 0 Å². The van der Waals surface area contributed by atoms with Crippen molar-refractivity contribution < 1.29 is 4.74 Å². The second-order valence-electron chi connectivity index (χ2n) is 5.24. The molecule has 1 aromatic carbocycles. The average molecular weight is 249 g/mol. The first-order valence-corrected chi connectivity index (χ1v) is 6.78. The van der Waals surface area contributed by atoms with E-state index in [0.717, 1.165) is 16.3 Å². The van der Waals surface area contributed by atoms with Gasteiger partial charge < -0.3 is 4.74 Å². The maximum Gasteiger partial charge on any atom is 0.146 e. The van der Waals surface area contributed by atoms with Crippen LogP contribution in [0.5, 0.6) is 5.75 Å². The summed E-state index contributed by atoms with van der Waals surface area (Å²) in [5.74, 6) is 0.916. The van der Waals surface area contributed by atoms with Crippen molar-refractivity contribution in [1.82, 2.24) is 4.98 Å². The predicted molar refractivity (Wildman–Crippen MR) is 74.2 cm³/mol. The van der Waals surface area contributed by atoms with Crippen LogP contribution in [0, 0.1) is 6.92 Å². The Morgan fingerprint density at radius 2 is 2.00 bits per heavy atom. The van der Waals surface area contributed by atoms with Gasteiger partial charge in [-0.2, -0.15) is 0 Å². The lowest BCUT2D eigenvalue weighted by molar-refractivity contribution is 0.342. The zero-order chi connectivity index (χ0) is 12.6. The minimum absolute atomic E-state index is 0.137. The van der Waals surface area contributed by atoms with Crippen LogP contribution in [0.15, 0.2) is 12.1 Å². The molecule has 17 heavy (non-hydrogen) atoms. The molecule has 0 aliphatic rings. The molecule has 0 saturated heterocycles. The lowest BCUT2D eigenvalue weighted by Crippen LogP contribution is -2.11. The van der Waals surface area contributed by atoms with Gasteiger partial charge in [0.1, 0.15) is 11.3 Å². The highest BCUT2D eigenvalue weighted by molar-refractivity contribution is 7.18. The van der Waals surface area contributed by atoms with Gasteiger partial charge in [-0.3, -0.25) is 0 Å².